The monoisotopic (exact) mass is 233 g/mol. The highest BCUT2D eigenvalue weighted by atomic mass is 32.1. The standard InChI is InChI=1S/C12H15N3S/c1-9-13-6-10(16-9)7-15-8-14-11-4-2-3-5-12(11)15/h6,8H,2-5,7H2,1H3. The van der Waals surface area contributed by atoms with E-state index in [9.17, 15) is 0 Å². The van der Waals surface area contributed by atoms with Crippen LogP contribution >= 0.6 is 11.3 Å². The van der Waals surface area contributed by atoms with Crippen molar-refractivity contribution >= 4 is 11.3 Å². The van der Waals surface area contributed by atoms with Crippen LogP contribution in [-0.2, 0) is 19.4 Å². The zero-order valence-electron chi connectivity index (χ0n) is 9.44. The van der Waals surface area contributed by atoms with Crippen molar-refractivity contribution in [2.24, 2.45) is 0 Å². The number of nitrogens with zero attached hydrogens (tertiary/aromatic N) is 3. The fourth-order valence-electron chi connectivity index (χ4n) is 2.31. The number of rotatable bonds is 2. The highest BCUT2D eigenvalue weighted by Gasteiger charge is 2.15. The molecule has 3 rings (SSSR count). The maximum Gasteiger partial charge on any atom is 0.0955 e. The minimum Gasteiger partial charge on any atom is -0.329 e. The fraction of sp³-hybridized carbons (Fsp3) is 0.500. The summed E-state index contributed by atoms with van der Waals surface area (Å²) in [5, 5.41) is 1.14. The van der Waals surface area contributed by atoms with E-state index < -0.39 is 0 Å². The van der Waals surface area contributed by atoms with E-state index in [1.54, 1.807) is 11.3 Å². The molecule has 4 heteroatoms. The molecule has 1 aliphatic carbocycles. The summed E-state index contributed by atoms with van der Waals surface area (Å²) in [5.74, 6) is 0. The predicted octanol–water partition coefficient (Wildman–Crippen LogP) is 2.58. The van der Waals surface area contributed by atoms with Crippen molar-refractivity contribution in [1.82, 2.24) is 14.5 Å². The summed E-state index contributed by atoms with van der Waals surface area (Å²) in [6, 6.07) is 0. The number of aryl methyl sites for hydroxylation is 2. The molecule has 2 aromatic rings. The Balaban J connectivity index is 1.87. The molecule has 0 unspecified atom stereocenters. The van der Waals surface area contributed by atoms with Gasteiger partial charge in [0.05, 0.1) is 23.6 Å². The van der Waals surface area contributed by atoms with Crippen molar-refractivity contribution in [3.63, 3.8) is 0 Å². The Hall–Kier alpha value is -1.16. The lowest BCUT2D eigenvalue weighted by molar-refractivity contribution is 0.630. The smallest absolute Gasteiger partial charge is 0.0955 e. The normalized spacial score (nSPS) is 15.1. The molecule has 3 nitrogen and oxygen atoms in total. The van der Waals surface area contributed by atoms with Crippen LogP contribution in [0, 0.1) is 6.92 Å². The second kappa shape index (κ2) is 4.01. The van der Waals surface area contributed by atoms with Gasteiger partial charge in [0.1, 0.15) is 0 Å². The van der Waals surface area contributed by atoms with Gasteiger partial charge in [-0.05, 0) is 32.6 Å². The Kier molecular flexibility index (Phi) is 2.52. The lowest BCUT2D eigenvalue weighted by Gasteiger charge is -2.13. The summed E-state index contributed by atoms with van der Waals surface area (Å²) in [6.45, 7) is 2.99. The van der Waals surface area contributed by atoms with Crippen LogP contribution in [0.4, 0.5) is 0 Å². The van der Waals surface area contributed by atoms with Crippen LogP contribution in [0.1, 0.15) is 34.1 Å². The van der Waals surface area contributed by atoms with Crippen LogP contribution < -0.4 is 0 Å². The largest absolute Gasteiger partial charge is 0.329 e. The zero-order valence-corrected chi connectivity index (χ0v) is 10.3. The van der Waals surface area contributed by atoms with E-state index in [1.807, 2.05) is 12.5 Å². The maximum absolute atomic E-state index is 4.51. The number of fused-ring (bicyclic) bond motifs is 1. The predicted molar refractivity (Wildman–Crippen MR) is 64.8 cm³/mol. The van der Waals surface area contributed by atoms with Gasteiger partial charge >= 0.3 is 0 Å². The van der Waals surface area contributed by atoms with E-state index in [1.165, 1.54) is 35.5 Å². The van der Waals surface area contributed by atoms with Crippen LogP contribution in [-0.4, -0.2) is 14.5 Å². The van der Waals surface area contributed by atoms with Crippen LogP contribution in [0.2, 0.25) is 0 Å². The molecule has 1 aliphatic rings. The second-order valence-corrected chi connectivity index (χ2v) is 5.64. The molecule has 0 saturated carbocycles. The molecule has 2 heterocycles. The molecule has 0 saturated heterocycles. The first-order valence-electron chi connectivity index (χ1n) is 5.77. The van der Waals surface area contributed by atoms with Gasteiger partial charge in [-0.1, -0.05) is 0 Å². The van der Waals surface area contributed by atoms with Gasteiger partial charge < -0.3 is 4.57 Å². The highest BCUT2D eigenvalue weighted by molar-refractivity contribution is 7.11. The summed E-state index contributed by atoms with van der Waals surface area (Å²) >= 11 is 1.78. The van der Waals surface area contributed by atoms with E-state index >= 15 is 0 Å². The fourth-order valence-corrected chi connectivity index (χ4v) is 3.11. The van der Waals surface area contributed by atoms with E-state index in [0.29, 0.717) is 0 Å². The average Bonchev–Trinajstić information content (AvgIpc) is 2.87. The molecule has 0 spiro atoms. The van der Waals surface area contributed by atoms with Gasteiger partial charge in [-0.3, -0.25) is 0 Å². The quantitative estimate of drug-likeness (QED) is 0.798. The highest BCUT2D eigenvalue weighted by Crippen LogP contribution is 2.22. The lowest BCUT2D eigenvalue weighted by atomic mass is 10.0. The number of imidazole rings is 1. The van der Waals surface area contributed by atoms with Crippen molar-refractivity contribution in [1.29, 1.82) is 0 Å². The molecular formula is C12H15N3S. The summed E-state index contributed by atoms with van der Waals surface area (Å²) in [6.07, 6.45) is 8.92. The molecule has 0 radical (unpaired) electrons. The molecule has 0 amide bonds. The molecule has 2 aromatic heterocycles. The first-order valence-corrected chi connectivity index (χ1v) is 6.59. The maximum atomic E-state index is 4.51. The topological polar surface area (TPSA) is 30.7 Å². The van der Waals surface area contributed by atoms with E-state index in [0.717, 1.165) is 18.0 Å². The summed E-state index contributed by atoms with van der Waals surface area (Å²) < 4.78 is 2.29. The number of thiazole rings is 1. The van der Waals surface area contributed by atoms with Gasteiger partial charge in [-0.15, -0.1) is 11.3 Å². The van der Waals surface area contributed by atoms with E-state index in [2.05, 4.69) is 21.5 Å². The Morgan fingerprint density at radius 1 is 1.31 bits per heavy atom. The average molecular weight is 233 g/mol. The molecule has 84 valence electrons. The van der Waals surface area contributed by atoms with Gasteiger partial charge in [-0.2, -0.15) is 0 Å². The molecular weight excluding hydrogens is 218 g/mol. The van der Waals surface area contributed by atoms with Crippen molar-refractivity contribution in [2.45, 2.75) is 39.2 Å². The molecule has 0 aliphatic heterocycles. The molecule has 0 atom stereocenters. The Morgan fingerprint density at radius 3 is 3.00 bits per heavy atom. The third-order valence-electron chi connectivity index (χ3n) is 3.11. The van der Waals surface area contributed by atoms with Gasteiger partial charge in [-0.25, -0.2) is 9.97 Å². The van der Waals surface area contributed by atoms with Gasteiger partial charge in [0.25, 0.3) is 0 Å². The molecule has 16 heavy (non-hydrogen) atoms. The first kappa shape index (κ1) is 10.0. The molecule has 0 bridgehead atoms. The van der Waals surface area contributed by atoms with Crippen molar-refractivity contribution in [3.8, 4) is 0 Å². The lowest BCUT2D eigenvalue weighted by Crippen LogP contribution is -2.08. The molecule has 0 fully saturated rings. The van der Waals surface area contributed by atoms with Crippen LogP contribution in [0.25, 0.3) is 0 Å². The summed E-state index contributed by atoms with van der Waals surface area (Å²) in [5.41, 5.74) is 2.75. The molecule has 0 aromatic carbocycles. The SMILES string of the molecule is Cc1ncc(Cn2cnc3c2CCCC3)s1. The number of hydrogen-bond donors (Lipinski definition) is 0. The van der Waals surface area contributed by atoms with E-state index in [-0.39, 0.29) is 0 Å². The van der Waals surface area contributed by atoms with Gasteiger partial charge in [0, 0.05) is 16.8 Å². The summed E-state index contributed by atoms with van der Waals surface area (Å²) in [4.78, 5) is 10.1. The van der Waals surface area contributed by atoms with Gasteiger partial charge in [0.15, 0.2) is 0 Å². The minimum atomic E-state index is 0.938. The van der Waals surface area contributed by atoms with Crippen LogP contribution in [0.3, 0.4) is 0 Å². The third-order valence-corrected chi connectivity index (χ3v) is 4.00. The number of hydrogen-bond acceptors (Lipinski definition) is 3. The minimum absolute atomic E-state index is 0.938. The van der Waals surface area contributed by atoms with Crippen molar-refractivity contribution < 1.29 is 0 Å². The Labute approximate surface area is 99.2 Å². The molecule has 0 N–H and O–H groups in total. The van der Waals surface area contributed by atoms with Gasteiger partial charge in [0.2, 0.25) is 0 Å². The van der Waals surface area contributed by atoms with Crippen molar-refractivity contribution in [2.75, 3.05) is 0 Å². The van der Waals surface area contributed by atoms with Crippen LogP contribution in [0.15, 0.2) is 12.5 Å². The first-order chi connectivity index (χ1) is 7.83. The Morgan fingerprint density at radius 2 is 2.19 bits per heavy atom. The van der Waals surface area contributed by atoms with Crippen molar-refractivity contribution in [3.05, 3.63) is 33.8 Å². The van der Waals surface area contributed by atoms with E-state index in [4.69, 9.17) is 0 Å². The Bertz CT molecular complexity index is 498. The second-order valence-electron chi connectivity index (χ2n) is 4.32. The zero-order chi connectivity index (χ0) is 11.0. The third kappa shape index (κ3) is 1.78. The van der Waals surface area contributed by atoms with Crippen LogP contribution in [0.5, 0.6) is 0 Å². The number of aromatic nitrogens is 3. The summed E-state index contributed by atoms with van der Waals surface area (Å²) in [7, 11) is 0.